The van der Waals surface area contributed by atoms with E-state index in [1.165, 1.54) is 0 Å². The Balaban J connectivity index is 2.85. The number of aromatic nitrogens is 1. The Morgan fingerprint density at radius 2 is 2.08 bits per heavy atom. The molecule has 72 valence electrons. The van der Waals surface area contributed by atoms with Gasteiger partial charge < -0.3 is 4.74 Å². The highest BCUT2D eigenvalue weighted by Crippen LogP contribution is 2.17. The highest BCUT2D eigenvalue weighted by molar-refractivity contribution is 5.28. The number of rotatable bonds is 3. The maximum atomic E-state index is 5.58. The van der Waals surface area contributed by atoms with Crippen molar-refractivity contribution in [3.63, 3.8) is 0 Å². The van der Waals surface area contributed by atoms with E-state index in [4.69, 9.17) is 4.74 Å². The number of hydrogen-bond acceptors (Lipinski definition) is 2. The van der Waals surface area contributed by atoms with Gasteiger partial charge in [-0.05, 0) is 39.3 Å². The molecule has 1 aromatic heterocycles. The Kier molecular flexibility index (Phi) is 3.29. The highest BCUT2D eigenvalue weighted by atomic mass is 16.5. The summed E-state index contributed by atoms with van der Waals surface area (Å²) in [5.41, 5.74) is 2.10. The van der Waals surface area contributed by atoms with Crippen molar-refractivity contribution in [3.8, 4) is 5.75 Å². The van der Waals surface area contributed by atoms with Gasteiger partial charge >= 0.3 is 0 Å². The lowest BCUT2D eigenvalue weighted by Crippen LogP contribution is -2.07. The fraction of sp³-hybridized carbons (Fsp3) is 0.545. The van der Waals surface area contributed by atoms with Crippen molar-refractivity contribution < 1.29 is 4.74 Å². The first-order chi connectivity index (χ1) is 6.13. The second-order valence-corrected chi connectivity index (χ2v) is 3.41. The minimum Gasteiger partial charge on any atom is -0.489 e. The van der Waals surface area contributed by atoms with Gasteiger partial charge in [0.2, 0.25) is 0 Å². The standard InChI is InChI=1S/C11H17NO/c1-5-10-6-7-11(9(4)12-10)13-8(2)3/h6-8H,5H2,1-4H3. The van der Waals surface area contributed by atoms with Gasteiger partial charge in [0.1, 0.15) is 5.75 Å². The lowest BCUT2D eigenvalue weighted by atomic mass is 10.2. The molecule has 2 heteroatoms. The molecule has 13 heavy (non-hydrogen) atoms. The summed E-state index contributed by atoms with van der Waals surface area (Å²) in [7, 11) is 0. The lowest BCUT2D eigenvalue weighted by molar-refractivity contribution is 0.239. The molecule has 0 spiro atoms. The molecule has 0 N–H and O–H groups in total. The van der Waals surface area contributed by atoms with Gasteiger partial charge in [-0.15, -0.1) is 0 Å². The molecule has 1 heterocycles. The molecule has 0 aliphatic heterocycles. The first-order valence-corrected chi connectivity index (χ1v) is 4.76. The zero-order valence-electron chi connectivity index (χ0n) is 8.79. The molecule has 0 radical (unpaired) electrons. The largest absolute Gasteiger partial charge is 0.489 e. The summed E-state index contributed by atoms with van der Waals surface area (Å²) >= 11 is 0. The Morgan fingerprint density at radius 3 is 2.54 bits per heavy atom. The molecule has 1 aromatic rings. The third-order valence-electron chi connectivity index (χ3n) is 1.82. The fourth-order valence-electron chi connectivity index (χ4n) is 1.18. The zero-order valence-corrected chi connectivity index (χ0v) is 8.79. The van der Waals surface area contributed by atoms with E-state index in [2.05, 4.69) is 11.9 Å². The minimum atomic E-state index is 0.216. The van der Waals surface area contributed by atoms with Crippen molar-refractivity contribution in [3.05, 3.63) is 23.5 Å². The summed E-state index contributed by atoms with van der Waals surface area (Å²) < 4.78 is 5.58. The smallest absolute Gasteiger partial charge is 0.140 e. The van der Waals surface area contributed by atoms with Crippen LogP contribution in [0.1, 0.15) is 32.2 Å². The molecule has 0 atom stereocenters. The Labute approximate surface area is 80.0 Å². The van der Waals surface area contributed by atoms with Crippen LogP contribution in [-0.4, -0.2) is 11.1 Å². The van der Waals surface area contributed by atoms with Gasteiger partial charge in [-0.1, -0.05) is 6.92 Å². The molecule has 1 rings (SSSR count). The van der Waals surface area contributed by atoms with Crippen LogP contribution in [-0.2, 0) is 6.42 Å². The molecule has 0 amide bonds. The molecular weight excluding hydrogens is 162 g/mol. The van der Waals surface area contributed by atoms with Gasteiger partial charge in [0.05, 0.1) is 11.8 Å². The monoisotopic (exact) mass is 179 g/mol. The van der Waals surface area contributed by atoms with Gasteiger partial charge in [0.15, 0.2) is 0 Å². The van der Waals surface area contributed by atoms with E-state index in [9.17, 15) is 0 Å². The summed E-state index contributed by atoms with van der Waals surface area (Å²) in [6, 6.07) is 4.02. The maximum absolute atomic E-state index is 5.58. The van der Waals surface area contributed by atoms with Gasteiger partial charge in [0.25, 0.3) is 0 Å². The average molecular weight is 179 g/mol. The zero-order chi connectivity index (χ0) is 9.84. The van der Waals surface area contributed by atoms with Gasteiger partial charge in [-0.3, -0.25) is 4.98 Å². The second kappa shape index (κ2) is 4.26. The number of nitrogens with zero attached hydrogens (tertiary/aromatic N) is 1. The predicted octanol–water partition coefficient (Wildman–Crippen LogP) is 2.74. The lowest BCUT2D eigenvalue weighted by Gasteiger charge is -2.12. The number of ether oxygens (including phenoxy) is 1. The fourth-order valence-corrected chi connectivity index (χ4v) is 1.18. The first kappa shape index (κ1) is 10.0. The van der Waals surface area contributed by atoms with Crippen molar-refractivity contribution in [1.82, 2.24) is 4.98 Å². The second-order valence-electron chi connectivity index (χ2n) is 3.41. The van der Waals surface area contributed by atoms with Crippen LogP contribution in [0.5, 0.6) is 5.75 Å². The van der Waals surface area contributed by atoms with Crippen LogP contribution in [0, 0.1) is 6.92 Å². The van der Waals surface area contributed by atoms with Crippen molar-refractivity contribution >= 4 is 0 Å². The van der Waals surface area contributed by atoms with E-state index < -0.39 is 0 Å². The third kappa shape index (κ3) is 2.72. The normalized spacial score (nSPS) is 10.5. The van der Waals surface area contributed by atoms with E-state index in [1.807, 2.05) is 32.9 Å². The summed E-state index contributed by atoms with van der Waals surface area (Å²) in [6.07, 6.45) is 1.19. The van der Waals surface area contributed by atoms with Crippen molar-refractivity contribution in [1.29, 1.82) is 0 Å². The molecule has 2 nitrogen and oxygen atoms in total. The van der Waals surface area contributed by atoms with Gasteiger partial charge in [0, 0.05) is 5.69 Å². The molecule has 0 fully saturated rings. The molecule has 0 aliphatic rings. The summed E-state index contributed by atoms with van der Waals surface area (Å²) in [4.78, 5) is 4.42. The average Bonchev–Trinajstić information content (AvgIpc) is 2.08. The van der Waals surface area contributed by atoms with Crippen LogP contribution in [0.25, 0.3) is 0 Å². The van der Waals surface area contributed by atoms with Gasteiger partial charge in [-0.2, -0.15) is 0 Å². The van der Waals surface area contributed by atoms with Gasteiger partial charge in [-0.25, -0.2) is 0 Å². The maximum Gasteiger partial charge on any atom is 0.140 e. The van der Waals surface area contributed by atoms with Crippen LogP contribution < -0.4 is 4.74 Å². The number of pyridine rings is 1. The van der Waals surface area contributed by atoms with E-state index in [1.54, 1.807) is 0 Å². The predicted molar refractivity (Wildman–Crippen MR) is 54.1 cm³/mol. The molecule has 0 unspecified atom stereocenters. The molecule has 0 bridgehead atoms. The molecular formula is C11H17NO. The third-order valence-corrected chi connectivity index (χ3v) is 1.82. The Hall–Kier alpha value is -1.05. The number of hydrogen-bond donors (Lipinski definition) is 0. The minimum absolute atomic E-state index is 0.216. The molecule has 0 aromatic carbocycles. The molecule has 0 saturated heterocycles. The Morgan fingerprint density at radius 1 is 1.38 bits per heavy atom. The highest BCUT2D eigenvalue weighted by Gasteiger charge is 2.03. The SMILES string of the molecule is CCc1ccc(OC(C)C)c(C)n1. The number of aryl methyl sites for hydroxylation is 2. The van der Waals surface area contributed by atoms with Crippen molar-refractivity contribution in [2.24, 2.45) is 0 Å². The van der Waals surface area contributed by atoms with Crippen molar-refractivity contribution in [2.75, 3.05) is 0 Å². The quantitative estimate of drug-likeness (QED) is 0.711. The molecule has 0 saturated carbocycles. The molecule has 0 aliphatic carbocycles. The topological polar surface area (TPSA) is 22.1 Å². The van der Waals surface area contributed by atoms with E-state index in [0.29, 0.717) is 0 Å². The summed E-state index contributed by atoms with van der Waals surface area (Å²) in [6.45, 7) is 8.13. The summed E-state index contributed by atoms with van der Waals surface area (Å²) in [5.74, 6) is 0.896. The Bertz CT molecular complexity index is 281. The van der Waals surface area contributed by atoms with Crippen LogP contribution in [0.4, 0.5) is 0 Å². The van der Waals surface area contributed by atoms with Crippen LogP contribution >= 0.6 is 0 Å². The van der Waals surface area contributed by atoms with E-state index in [-0.39, 0.29) is 6.10 Å². The van der Waals surface area contributed by atoms with Crippen LogP contribution in [0.2, 0.25) is 0 Å². The van der Waals surface area contributed by atoms with Crippen LogP contribution in [0.3, 0.4) is 0 Å². The first-order valence-electron chi connectivity index (χ1n) is 4.76. The van der Waals surface area contributed by atoms with Crippen molar-refractivity contribution in [2.45, 2.75) is 40.2 Å². The van der Waals surface area contributed by atoms with E-state index in [0.717, 1.165) is 23.6 Å². The van der Waals surface area contributed by atoms with Crippen LogP contribution in [0.15, 0.2) is 12.1 Å². The van der Waals surface area contributed by atoms with E-state index >= 15 is 0 Å². The summed E-state index contributed by atoms with van der Waals surface area (Å²) in [5, 5.41) is 0.